The minimum absolute atomic E-state index is 0.0553. The van der Waals surface area contributed by atoms with Gasteiger partial charge in [-0.05, 0) is 48.7 Å². The Hall–Kier alpha value is -2.93. The predicted octanol–water partition coefficient (Wildman–Crippen LogP) is 3.91. The first-order chi connectivity index (χ1) is 14.0. The number of nitrogens with one attached hydrogen (secondary N) is 1. The lowest BCUT2D eigenvalue weighted by Crippen LogP contribution is -2.24. The second-order valence-corrected chi connectivity index (χ2v) is 7.50. The van der Waals surface area contributed by atoms with E-state index in [4.69, 9.17) is 9.47 Å². The Bertz CT molecular complexity index is 1000. The van der Waals surface area contributed by atoms with Gasteiger partial charge in [0.15, 0.2) is 16.7 Å². The van der Waals surface area contributed by atoms with Gasteiger partial charge in [0.1, 0.15) is 0 Å². The van der Waals surface area contributed by atoms with E-state index in [1.807, 2.05) is 35.0 Å². The third-order valence-electron chi connectivity index (χ3n) is 4.71. The highest BCUT2D eigenvalue weighted by atomic mass is 32.2. The summed E-state index contributed by atoms with van der Waals surface area (Å²) in [6.07, 6.45) is 3.68. The molecule has 0 saturated carbocycles. The number of rotatable bonds is 8. The number of carbonyl (C=O) groups is 1. The van der Waals surface area contributed by atoms with E-state index < -0.39 is 0 Å². The molecule has 29 heavy (non-hydrogen) atoms. The van der Waals surface area contributed by atoms with Gasteiger partial charge in [0.05, 0.1) is 25.7 Å². The van der Waals surface area contributed by atoms with Gasteiger partial charge in [0.25, 0.3) is 0 Å². The number of ether oxygens (including phenoxy) is 2. The number of thioether (sulfide) groups is 1. The maximum atomic E-state index is 12.3. The fourth-order valence-corrected chi connectivity index (χ4v) is 3.74. The van der Waals surface area contributed by atoms with E-state index in [1.54, 1.807) is 20.4 Å². The third kappa shape index (κ3) is 4.92. The van der Waals surface area contributed by atoms with Crippen LogP contribution < -0.4 is 14.8 Å². The summed E-state index contributed by atoms with van der Waals surface area (Å²) in [5, 5.41) is 3.73. The zero-order valence-electron chi connectivity index (χ0n) is 17.1. The number of hydrogen-bond acceptors (Lipinski definition) is 5. The zero-order chi connectivity index (χ0) is 20.8. The van der Waals surface area contributed by atoms with Crippen LogP contribution in [0.25, 0.3) is 5.69 Å². The Kier molecular flexibility index (Phi) is 6.82. The van der Waals surface area contributed by atoms with E-state index in [1.165, 1.54) is 22.9 Å². The topological polar surface area (TPSA) is 65.4 Å². The summed E-state index contributed by atoms with van der Waals surface area (Å²) in [6, 6.07) is 11.8. The van der Waals surface area contributed by atoms with Crippen molar-refractivity contribution in [3.05, 3.63) is 65.5 Å². The van der Waals surface area contributed by atoms with E-state index in [-0.39, 0.29) is 11.7 Å². The van der Waals surface area contributed by atoms with Crippen LogP contribution in [0.1, 0.15) is 16.7 Å². The normalized spacial score (nSPS) is 10.6. The van der Waals surface area contributed by atoms with E-state index in [9.17, 15) is 4.79 Å². The summed E-state index contributed by atoms with van der Waals surface area (Å²) in [5.41, 5.74) is 4.44. The molecule has 3 rings (SSSR count). The van der Waals surface area contributed by atoms with Gasteiger partial charge in [0, 0.05) is 18.9 Å². The number of amides is 1. The molecule has 1 amide bonds. The molecule has 0 aliphatic carbocycles. The van der Waals surface area contributed by atoms with E-state index in [0.717, 1.165) is 16.4 Å². The molecule has 0 bridgehead atoms. The number of aryl methyl sites for hydroxylation is 1. The molecule has 0 atom stereocenters. The van der Waals surface area contributed by atoms with Crippen LogP contribution in [0.3, 0.4) is 0 Å². The Labute approximate surface area is 175 Å². The number of benzene rings is 2. The van der Waals surface area contributed by atoms with Crippen LogP contribution in [-0.2, 0) is 11.3 Å². The van der Waals surface area contributed by atoms with Crippen molar-refractivity contribution in [3.8, 4) is 17.2 Å². The molecule has 6 nitrogen and oxygen atoms in total. The number of nitrogens with zero attached hydrogens (tertiary/aromatic N) is 2. The van der Waals surface area contributed by atoms with Crippen molar-refractivity contribution >= 4 is 17.7 Å². The van der Waals surface area contributed by atoms with Gasteiger partial charge in [0.2, 0.25) is 5.91 Å². The first-order valence-corrected chi connectivity index (χ1v) is 10.2. The van der Waals surface area contributed by atoms with Crippen molar-refractivity contribution < 1.29 is 14.3 Å². The van der Waals surface area contributed by atoms with Crippen molar-refractivity contribution in [2.45, 2.75) is 25.5 Å². The van der Waals surface area contributed by atoms with Gasteiger partial charge in [-0.2, -0.15) is 0 Å². The molecule has 0 unspecified atom stereocenters. The third-order valence-corrected chi connectivity index (χ3v) is 5.68. The molecule has 1 heterocycles. The molecular formula is C22H25N3O3S. The van der Waals surface area contributed by atoms with Crippen molar-refractivity contribution in [1.29, 1.82) is 0 Å². The van der Waals surface area contributed by atoms with Gasteiger partial charge in [-0.1, -0.05) is 30.0 Å². The highest BCUT2D eigenvalue weighted by Crippen LogP contribution is 2.27. The van der Waals surface area contributed by atoms with Crippen LogP contribution in [0.2, 0.25) is 0 Å². The number of methoxy groups -OCH3 is 2. The monoisotopic (exact) mass is 411 g/mol. The lowest BCUT2D eigenvalue weighted by Gasteiger charge is -2.12. The van der Waals surface area contributed by atoms with E-state index >= 15 is 0 Å². The fraction of sp³-hybridized carbons (Fsp3) is 0.273. The Morgan fingerprint density at radius 3 is 2.69 bits per heavy atom. The zero-order valence-corrected chi connectivity index (χ0v) is 17.9. The Morgan fingerprint density at radius 2 is 1.93 bits per heavy atom. The van der Waals surface area contributed by atoms with Crippen LogP contribution in [0.5, 0.6) is 11.5 Å². The molecule has 0 radical (unpaired) electrons. The van der Waals surface area contributed by atoms with Crippen LogP contribution in [-0.4, -0.2) is 35.4 Å². The minimum Gasteiger partial charge on any atom is -0.493 e. The fourth-order valence-electron chi connectivity index (χ4n) is 2.95. The standard InChI is InChI=1S/C22H25N3O3S/c1-15-6-5-7-18(16(15)2)25-11-10-23-22(25)29-14-21(26)24-13-17-8-9-19(27-3)20(12-17)28-4/h5-12H,13-14H2,1-4H3,(H,24,26). The largest absolute Gasteiger partial charge is 0.493 e. The average Bonchev–Trinajstić information content (AvgIpc) is 3.20. The van der Waals surface area contributed by atoms with Gasteiger partial charge in [-0.15, -0.1) is 0 Å². The smallest absolute Gasteiger partial charge is 0.230 e. The molecule has 1 aromatic heterocycles. The maximum Gasteiger partial charge on any atom is 0.230 e. The highest BCUT2D eigenvalue weighted by molar-refractivity contribution is 7.99. The minimum atomic E-state index is -0.0553. The summed E-state index contributed by atoms with van der Waals surface area (Å²) < 4.78 is 12.6. The molecule has 1 N–H and O–H groups in total. The Balaban J connectivity index is 1.60. The van der Waals surface area contributed by atoms with Gasteiger partial charge in [-0.3, -0.25) is 9.36 Å². The second kappa shape index (κ2) is 9.52. The number of hydrogen-bond donors (Lipinski definition) is 1. The SMILES string of the molecule is COc1ccc(CNC(=O)CSc2nccn2-c2cccc(C)c2C)cc1OC. The van der Waals surface area contributed by atoms with Crippen molar-refractivity contribution in [3.63, 3.8) is 0 Å². The molecule has 2 aromatic carbocycles. The van der Waals surface area contributed by atoms with Crippen molar-refractivity contribution in [2.75, 3.05) is 20.0 Å². The molecule has 0 spiro atoms. The predicted molar refractivity (Wildman–Crippen MR) is 115 cm³/mol. The Morgan fingerprint density at radius 1 is 1.14 bits per heavy atom. The highest BCUT2D eigenvalue weighted by Gasteiger charge is 2.12. The lowest BCUT2D eigenvalue weighted by molar-refractivity contribution is -0.118. The molecule has 0 aliphatic rings. The molecule has 0 saturated heterocycles. The van der Waals surface area contributed by atoms with Crippen LogP contribution in [0.4, 0.5) is 0 Å². The molecule has 0 fully saturated rings. The van der Waals surface area contributed by atoms with Gasteiger partial charge < -0.3 is 14.8 Å². The van der Waals surface area contributed by atoms with Crippen LogP contribution in [0, 0.1) is 13.8 Å². The number of imidazole rings is 1. The van der Waals surface area contributed by atoms with Crippen molar-refractivity contribution in [2.24, 2.45) is 0 Å². The second-order valence-electron chi connectivity index (χ2n) is 6.55. The van der Waals surface area contributed by atoms with E-state index in [2.05, 4.69) is 36.3 Å². The number of carbonyl (C=O) groups excluding carboxylic acids is 1. The summed E-state index contributed by atoms with van der Waals surface area (Å²) in [7, 11) is 3.19. The first-order valence-electron chi connectivity index (χ1n) is 9.23. The van der Waals surface area contributed by atoms with E-state index in [0.29, 0.717) is 18.0 Å². The summed E-state index contributed by atoms with van der Waals surface area (Å²) in [5.74, 6) is 1.54. The molecule has 0 aliphatic heterocycles. The first kappa shape index (κ1) is 20.8. The summed E-state index contributed by atoms with van der Waals surface area (Å²) in [6.45, 7) is 4.60. The quantitative estimate of drug-likeness (QED) is 0.569. The van der Waals surface area contributed by atoms with Crippen molar-refractivity contribution in [1.82, 2.24) is 14.9 Å². The molecular weight excluding hydrogens is 386 g/mol. The maximum absolute atomic E-state index is 12.3. The number of aromatic nitrogens is 2. The molecule has 7 heteroatoms. The van der Waals surface area contributed by atoms with Crippen LogP contribution >= 0.6 is 11.8 Å². The van der Waals surface area contributed by atoms with Gasteiger partial charge in [-0.25, -0.2) is 4.98 Å². The van der Waals surface area contributed by atoms with Crippen LogP contribution in [0.15, 0.2) is 53.9 Å². The summed E-state index contributed by atoms with van der Waals surface area (Å²) in [4.78, 5) is 16.7. The lowest BCUT2D eigenvalue weighted by atomic mass is 10.1. The molecule has 152 valence electrons. The molecule has 3 aromatic rings. The average molecular weight is 412 g/mol. The summed E-state index contributed by atoms with van der Waals surface area (Å²) >= 11 is 1.42. The van der Waals surface area contributed by atoms with Gasteiger partial charge >= 0.3 is 0 Å².